The highest BCUT2D eigenvalue weighted by molar-refractivity contribution is 8.00. The van der Waals surface area contributed by atoms with Crippen LogP contribution in [0.4, 0.5) is 4.39 Å². The molecule has 144 valence electrons. The standard InChI is InChI=1S/C19H15FN4OS.C2H6/c1-11-6-15-18(21-10-22-19(15)25-11)16-7-24(14-8-26-9-14)23-17(16)12-2-4-13(20)5-3-12;1-2/h2-7,10,14H,8-9H2,1H3;1-2H3. The van der Waals surface area contributed by atoms with Crippen molar-refractivity contribution in [1.82, 2.24) is 19.7 Å². The molecular formula is C21H21FN4OS. The third kappa shape index (κ3) is 3.30. The lowest BCUT2D eigenvalue weighted by atomic mass is 10.0. The van der Waals surface area contributed by atoms with Crippen LogP contribution in [0.1, 0.15) is 25.6 Å². The van der Waals surface area contributed by atoms with Crippen molar-refractivity contribution in [2.24, 2.45) is 0 Å². The number of hydrogen-bond donors (Lipinski definition) is 0. The molecule has 1 aromatic carbocycles. The van der Waals surface area contributed by atoms with Gasteiger partial charge in [-0.15, -0.1) is 0 Å². The maximum Gasteiger partial charge on any atom is 0.229 e. The van der Waals surface area contributed by atoms with Crippen LogP contribution < -0.4 is 0 Å². The summed E-state index contributed by atoms with van der Waals surface area (Å²) in [5.41, 5.74) is 3.90. The molecular weight excluding hydrogens is 375 g/mol. The molecule has 1 aliphatic rings. The monoisotopic (exact) mass is 396 g/mol. The van der Waals surface area contributed by atoms with Gasteiger partial charge in [-0.3, -0.25) is 4.68 Å². The SMILES string of the molecule is CC.Cc1cc2c(-c3cn(C4CSC4)nc3-c3ccc(F)cc3)ncnc2o1. The Bertz CT molecular complexity index is 1100. The smallest absolute Gasteiger partial charge is 0.229 e. The largest absolute Gasteiger partial charge is 0.443 e. The molecule has 4 aromatic rings. The minimum Gasteiger partial charge on any atom is -0.443 e. The Balaban J connectivity index is 0.000000932. The second-order valence-corrected chi connectivity index (χ2v) is 7.44. The summed E-state index contributed by atoms with van der Waals surface area (Å²) in [6.07, 6.45) is 3.54. The highest BCUT2D eigenvalue weighted by Gasteiger charge is 2.25. The molecule has 7 heteroatoms. The van der Waals surface area contributed by atoms with E-state index < -0.39 is 0 Å². The van der Waals surface area contributed by atoms with E-state index in [1.807, 2.05) is 49.5 Å². The van der Waals surface area contributed by atoms with Gasteiger partial charge in [0.2, 0.25) is 5.71 Å². The topological polar surface area (TPSA) is 56.7 Å². The molecule has 0 atom stereocenters. The first-order chi connectivity index (χ1) is 13.7. The van der Waals surface area contributed by atoms with Crippen LogP contribution in [0.5, 0.6) is 0 Å². The van der Waals surface area contributed by atoms with Crippen molar-refractivity contribution in [3.63, 3.8) is 0 Å². The predicted molar refractivity (Wildman–Crippen MR) is 111 cm³/mol. The number of benzene rings is 1. The first kappa shape index (κ1) is 18.7. The van der Waals surface area contributed by atoms with Crippen LogP contribution in [-0.2, 0) is 0 Å². The molecule has 28 heavy (non-hydrogen) atoms. The summed E-state index contributed by atoms with van der Waals surface area (Å²) in [7, 11) is 0. The van der Waals surface area contributed by atoms with Crippen molar-refractivity contribution in [3.05, 3.63) is 54.4 Å². The molecule has 0 amide bonds. The van der Waals surface area contributed by atoms with Gasteiger partial charge in [0.1, 0.15) is 23.6 Å². The molecule has 0 unspecified atom stereocenters. The number of nitrogens with zero attached hydrogens (tertiary/aromatic N) is 4. The highest BCUT2D eigenvalue weighted by Crippen LogP contribution is 2.37. The van der Waals surface area contributed by atoms with Crippen molar-refractivity contribution in [3.8, 4) is 22.5 Å². The minimum absolute atomic E-state index is 0.264. The Morgan fingerprint density at radius 2 is 1.86 bits per heavy atom. The Labute approximate surface area is 167 Å². The predicted octanol–water partition coefficient (Wildman–Crippen LogP) is 5.51. The molecule has 0 aliphatic carbocycles. The fraction of sp³-hybridized carbons (Fsp3) is 0.286. The molecule has 0 N–H and O–H groups in total. The molecule has 5 nitrogen and oxygen atoms in total. The fourth-order valence-corrected chi connectivity index (χ4v) is 3.89. The van der Waals surface area contributed by atoms with Crippen LogP contribution >= 0.6 is 11.8 Å². The van der Waals surface area contributed by atoms with Gasteiger partial charge in [0.15, 0.2) is 0 Å². The lowest BCUT2D eigenvalue weighted by Crippen LogP contribution is -2.23. The number of halogens is 1. The second-order valence-electron chi connectivity index (χ2n) is 6.37. The van der Waals surface area contributed by atoms with Crippen LogP contribution in [0.2, 0.25) is 0 Å². The van der Waals surface area contributed by atoms with E-state index in [0.717, 1.165) is 45.2 Å². The zero-order valence-corrected chi connectivity index (χ0v) is 16.8. The quantitative estimate of drug-likeness (QED) is 0.457. The van der Waals surface area contributed by atoms with Crippen LogP contribution in [0.25, 0.3) is 33.6 Å². The van der Waals surface area contributed by atoms with E-state index in [0.29, 0.717) is 11.8 Å². The van der Waals surface area contributed by atoms with E-state index in [1.165, 1.54) is 18.5 Å². The minimum atomic E-state index is -0.264. The van der Waals surface area contributed by atoms with Crippen molar-refractivity contribution < 1.29 is 8.81 Å². The molecule has 1 saturated heterocycles. The summed E-state index contributed by atoms with van der Waals surface area (Å²) in [5, 5.41) is 5.67. The van der Waals surface area contributed by atoms with Crippen molar-refractivity contribution in [2.45, 2.75) is 26.8 Å². The zero-order valence-electron chi connectivity index (χ0n) is 16.0. The lowest BCUT2D eigenvalue weighted by Gasteiger charge is -2.24. The molecule has 4 heterocycles. The summed E-state index contributed by atoms with van der Waals surface area (Å²) in [5.74, 6) is 2.62. The fourth-order valence-electron chi connectivity index (χ4n) is 3.14. The number of fused-ring (bicyclic) bond motifs is 1. The number of rotatable bonds is 3. The molecule has 0 radical (unpaired) electrons. The first-order valence-electron chi connectivity index (χ1n) is 9.33. The van der Waals surface area contributed by atoms with Gasteiger partial charge in [-0.05, 0) is 37.3 Å². The molecule has 0 bridgehead atoms. The van der Waals surface area contributed by atoms with Gasteiger partial charge in [-0.2, -0.15) is 16.9 Å². The average Bonchev–Trinajstić information content (AvgIpc) is 3.25. The van der Waals surface area contributed by atoms with Crippen LogP contribution in [0, 0.1) is 12.7 Å². The Morgan fingerprint density at radius 3 is 2.54 bits per heavy atom. The number of hydrogen-bond acceptors (Lipinski definition) is 5. The van der Waals surface area contributed by atoms with E-state index in [1.54, 1.807) is 12.1 Å². The number of furan rings is 1. The van der Waals surface area contributed by atoms with Crippen LogP contribution in [-0.4, -0.2) is 31.3 Å². The van der Waals surface area contributed by atoms with Crippen molar-refractivity contribution in [2.75, 3.05) is 11.5 Å². The van der Waals surface area contributed by atoms with E-state index in [2.05, 4.69) is 9.97 Å². The van der Waals surface area contributed by atoms with E-state index in [9.17, 15) is 4.39 Å². The molecule has 1 fully saturated rings. The third-order valence-corrected chi connectivity index (χ3v) is 5.79. The molecule has 1 aliphatic heterocycles. The zero-order chi connectivity index (χ0) is 19.7. The Morgan fingerprint density at radius 1 is 1.11 bits per heavy atom. The molecule has 5 rings (SSSR count). The summed E-state index contributed by atoms with van der Waals surface area (Å²) in [4.78, 5) is 8.72. The van der Waals surface area contributed by atoms with E-state index >= 15 is 0 Å². The van der Waals surface area contributed by atoms with Crippen LogP contribution in [0.15, 0.2) is 47.3 Å². The first-order valence-corrected chi connectivity index (χ1v) is 10.5. The third-order valence-electron chi connectivity index (χ3n) is 4.55. The van der Waals surface area contributed by atoms with Gasteiger partial charge >= 0.3 is 0 Å². The Hall–Kier alpha value is -2.67. The van der Waals surface area contributed by atoms with E-state index in [4.69, 9.17) is 9.52 Å². The van der Waals surface area contributed by atoms with Gasteiger partial charge in [0.05, 0.1) is 17.1 Å². The van der Waals surface area contributed by atoms with Gasteiger partial charge in [0.25, 0.3) is 0 Å². The van der Waals surface area contributed by atoms with Crippen molar-refractivity contribution >= 4 is 22.9 Å². The number of thioether (sulfide) groups is 1. The number of aromatic nitrogens is 4. The van der Waals surface area contributed by atoms with Crippen molar-refractivity contribution in [1.29, 1.82) is 0 Å². The normalized spacial score (nSPS) is 13.9. The van der Waals surface area contributed by atoms with Gasteiger partial charge < -0.3 is 4.42 Å². The molecule has 0 spiro atoms. The van der Waals surface area contributed by atoms with E-state index in [-0.39, 0.29) is 5.82 Å². The molecule has 3 aromatic heterocycles. The summed E-state index contributed by atoms with van der Waals surface area (Å²) >= 11 is 1.90. The average molecular weight is 396 g/mol. The van der Waals surface area contributed by atoms with Gasteiger partial charge in [0, 0.05) is 28.8 Å². The summed E-state index contributed by atoms with van der Waals surface area (Å²) in [6, 6.07) is 8.73. The summed E-state index contributed by atoms with van der Waals surface area (Å²) in [6.45, 7) is 5.89. The summed E-state index contributed by atoms with van der Waals surface area (Å²) < 4.78 is 21.0. The second kappa shape index (κ2) is 7.75. The Kier molecular flexibility index (Phi) is 5.17. The van der Waals surface area contributed by atoms with Gasteiger partial charge in [-0.25, -0.2) is 14.4 Å². The maximum atomic E-state index is 13.4. The van der Waals surface area contributed by atoms with Gasteiger partial charge in [-0.1, -0.05) is 13.8 Å². The number of aryl methyl sites for hydroxylation is 1. The van der Waals surface area contributed by atoms with Crippen LogP contribution in [0.3, 0.4) is 0 Å². The maximum absolute atomic E-state index is 13.4. The molecule has 0 saturated carbocycles. The highest BCUT2D eigenvalue weighted by atomic mass is 32.2. The lowest BCUT2D eigenvalue weighted by molar-refractivity contribution is 0.528.